The Bertz CT molecular complexity index is 380. The molecule has 0 aromatic carbocycles. The number of nitrogens with zero attached hydrogens (tertiary/aromatic N) is 2. The highest BCUT2D eigenvalue weighted by atomic mass is 15.2. The summed E-state index contributed by atoms with van der Waals surface area (Å²) in [5.41, 5.74) is 8.19. The van der Waals surface area contributed by atoms with Gasteiger partial charge in [0.2, 0.25) is 0 Å². The van der Waals surface area contributed by atoms with Crippen molar-refractivity contribution < 1.29 is 0 Å². The molecule has 0 aliphatic carbocycles. The maximum absolute atomic E-state index is 5.84. The highest BCUT2D eigenvalue weighted by Gasteiger charge is 2.11. The zero-order valence-corrected chi connectivity index (χ0v) is 13.7. The summed E-state index contributed by atoms with van der Waals surface area (Å²) in [5, 5.41) is 0. The third-order valence-electron chi connectivity index (χ3n) is 3.61. The van der Waals surface area contributed by atoms with Crippen LogP contribution in [0.5, 0.6) is 0 Å². The van der Waals surface area contributed by atoms with Crippen molar-refractivity contribution in [1.29, 1.82) is 0 Å². The number of rotatable bonds is 9. The van der Waals surface area contributed by atoms with Crippen molar-refractivity contribution in [1.82, 2.24) is 4.98 Å². The summed E-state index contributed by atoms with van der Waals surface area (Å²) < 4.78 is 0. The standard InChI is InChI=1S/C17H31N3/c1-5-7-9-20(10-8-6-2)17-12-15(13-18)11-16(19-17)14(3)4/h11-12,14H,5-10,13,18H2,1-4H3. The van der Waals surface area contributed by atoms with Gasteiger partial charge in [0.05, 0.1) is 0 Å². The topological polar surface area (TPSA) is 42.1 Å². The Kier molecular flexibility index (Phi) is 7.60. The van der Waals surface area contributed by atoms with E-state index in [0.717, 1.165) is 24.6 Å². The second-order valence-electron chi connectivity index (χ2n) is 5.81. The molecule has 0 amide bonds. The maximum atomic E-state index is 5.84. The van der Waals surface area contributed by atoms with E-state index >= 15 is 0 Å². The molecule has 0 spiro atoms. The summed E-state index contributed by atoms with van der Waals surface area (Å²) in [7, 11) is 0. The minimum absolute atomic E-state index is 0.444. The van der Waals surface area contributed by atoms with E-state index in [1.165, 1.54) is 31.2 Å². The number of nitrogens with two attached hydrogens (primary N) is 1. The monoisotopic (exact) mass is 277 g/mol. The second-order valence-corrected chi connectivity index (χ2v) is 5.81. The number of anilines is 1. The van der Waals surface area contributed by atoms with E-state index in [2.05, 4.69) is 44.7 Å². The fourth-order valence-corrected chi connectivity index (χ4v) is 2.21. The molecule has 1 aromatic rings. The molecule has 0 saturated carbocycles. The lowest BCUT2D eigenvalue weighted by Crippen LogP contribution is -2.27. The Balaban J connectivity index is 2.99. The predicted molar refractivity (Wildman–Crippen MR) is 88.2 cm³/mol. The summed E-state index contributed by atoms with van der Waals surface area (Å²) >= 11 is 0. The molecule has 3 nitrogen and oxygen atoms in total. The van der Waals surface area contributed by atoms with Gasteiger partial charge in [-0.1, -0.05) is 40.5 Å². The number of unbranched alkanes of at least 4 members (excludes halogenated alkanes) is 2. The summed E-state index contributed by atoms with van der Waals surface area (Å²) in [5.74, 6) is 1.55. The van der Waals surface area contributed by atoms with Crippen molar-refractivity contribution in [2.75, 3.05) is 18.0 Å². The predicted octanol–water partition coefficient (Wildman–Crippen LogP) is 4.07. The van der Waals surface area contributed by atoms with Crippen molar-refractivity contribution in [2.45, 2.75) is 65.8 Å². The van der Waals surface area contributed by atoms with E-state index in [1.54, 1.807) is 0 Å². The van der Waals surface area contributed by atoms with Crippen LogP contribution in [0.4, 0.5) is 5.82 Å². The van der Waals surface area contributed by atoms with Gasteiger partial charge in [0.25, 0.3) is 0 Å². The molecule has 1 heterocycles. The first-order valence-corrected chi connectivity index (χ1v) is 8.08. The normalized spacial score (nSPS) is 11.1. The van der Waals surface area contributed by atoms with Crippen molar-refractivity contribution in [2.24, 2.45) is 5.73 Å². The van der Waals surface area contributed by atoms with Gasteiger partial charge in [-0.05, 0) is 36.5 Å². The van der Waals surface area contributed by atoms with Crippen LogP contribution in [0.2, 0.25) is 0 Å². The summed E-state index contributed by atoms with van der Waals surface area (Å²) in [6, 6.07) is 4.31. The van der Waals surface area contributed by atoms with E-state index < -0.39 is 0 Å². The molecule has 114 valence electrons. The first-order chi connectivity index (χ1) is 9.62. The molecule has 0 atom stereocenters. The van der Waals surface area contributed by atoms with E-state index in [0.29, 0.717) is 12.5 Å². The quantitative estimate of drug-likeness (QED) is 0.740. The van der Waals surface area contributed by atoms with Crippen LogP contribution in [0.25, 0.3) is 0 Å². The van der Waals surface area contributed by atoms with Crippen molar-refractivity contribution >= 4 is 5.82 Å². The second kappa shape index (κ2) is 8.96. The molecule has 0 aliphatic heterocycles. The van der Waals surface area contributed by atoms with Crippen LogP contribution >= 0.6 is 0 Å². The van der Waals surface area contributed by atoms with Gasteiger partial charge in [0.15, 0.2) is 0 Å². The molecule has 0 unspecified atom stereocenters. The molecule has 20 heavy (non-hydrogen) atoms. The summed E-state index contributed by atoms with van der Waals surface area (Å²) in [4.78, 5) is 7.29. The highest BCUT2D eigenvalue weighted by molar-refractivity contribution is 5.43. The van der Waals surface area contributed by atoms with Crippen molar-refractivity contribution in [3.8, 4) is 0 Å². The van der Waals surface area contributed by atoms with Gasteiger partial charge in [-0.3, -0.25) is 0 Å². The summed E-state index contributed by atoms with van der Waals surface area (Å²) in [6.07, 6.45) is 4.87. The molecule has 1 rings (SSSR count). The fraction of sp³-hybridized carbons (Fsp3) is 0.706. The fourth-order valence-electron chi connectivity index (χ4n) is 2.21. The summed E-state index contributed by atoms with van der Waals surface area (Å²) in [6.45, 7) is 11.6. The van der Waals surface area contributed by atoms with Gasteiger partial charge in [-0.25, -0.2) is 4.98 Å². The third kappa shape index (κ3) is 5.12. The molecule has 3 heteroatoms. The Morgan fingerprint density at radius 3 is 2.15 bits per heavy atom. The van der Waals surface area contributed by atoms with Crippen molar-refractivity contribution in [3.05, 3.63) is 23.4 Å². The first kappa shape index (κ1) is 17.0. The molecular formula is C17H31N3. The molecule has 2 N–H and O–H groups in total. The molecule has 0 radical (unpaired) electrons. The zero-order chi connectivity index (χ0) is 15.0. The first-order valence-electron chi connectivity index (χ1n) is 8.08. The molecule has 1 aromatic heterocycles. The molecule has 0 bridgehead atoms. The number of pyridine rings is 1. The molecule has 0 fully saturated rings. The Hall–Kier alpha value is -1.09. The average molecular weight is 277 g/mol. The van der Waals surface area contributed by atoms with E-state index in [4.69, 9.17) is 10.7 Å². The van der Waals surface area contributed by atoms with E-state index in [9.17, 15) is 0 Å². The Morgan fingerprint density at radius 1 is 1.10 bits per heavy atom. The SMILES string of the molecule is CCCCN(CCCC)c1cc(CN)cc(C(C)C)n1. The Morgan fingerprint density at radius 2 is 1.70 bits per heavy atom. The van der Waals surface area contributed by atoms with Gasteiger partial charge < -0.3 is 10.6 Å². The van der Waals surface area contributed by atoms with Crippen molar-refractivity contribution in [3.63, 3.8) is 0 Å². The maximum Gasteiger partial charge on any atom is 0.129 e. The molecule has 0 aliphatic rings. The smallest absolute Gasteiger partial charge is 0.129 e. The number of aromatic nitrogens is 1. The molecular weight excluding hydrogens is 246 g/mol. The van der Waals surface area contributed by atoms with Crippen LogP contribution < -0.4 is 10.6 Å². The largest absolute Gasteiger partial charge is 0.357 e. The van der Waals surface area contributed by atoms with Gasteiger partial charge in [0.1, 0.15) is 5.82 Å². The number of hydrogen-bond donors (Lipinski definition) is 1. The van der Waals surface area contributed by atoms with Crippen LogP contribution in [-0.4, -0.2) is 18.1 Å². The highest BCUT2D eigenvalue weighted by Crippen LogP contribution is 2.21. The van der Waals surface area contributed by atoms with Crippen LogP contribution in [0.3, 0.4) is 0 Å². The van der Waals surface area contributed by atoms with Crippen LogP contribution in [0, 0.1) is 0 Å². The minimum atomic E-state index is 0.444. The lowest BCUT2D eigenvalue weighted by atomic mass is 10.1. The minimum Gasteiger partial charge on any atom is -0.357 e. The van der Waals surface area contributed by atoms with Crippen LogP contribution in [0.15, 0.2) is 12.1 Å². The Labute approximate surface area is 124 Å². The lowest BCUT2D eigenvalue weighted by Gasteiger charge is -2.25. The van der Waals surface area contributed by atoms with Gasteiger partial charge in [-0.2, -0.15) is 0 Å². The van der Waals surface area contributed by atoms with Gasteiger partial charge in [0, 0.05) is 25.3 Å². The lowest BCUT2D eigenvalue weighted by molar-refractivity contribution is 0.667. The zero-order valence-electron chi connectivity index (χ0n) is 13.7. The van der Waals surface area contributed by atoms with E-state index in [1.807, 2.05) is 0 Å². The van der Waals surface area contributed by atoms with Crippen LogP contribution in [-0.2, 0) is 6.54 Å². The average Bonchev–Trinajstić information content (AvgIpc) is 2.46. The van der Waals surface area contributed by atoms with E-state index in [-0.39, 0.29) is 0 Å². The number of hydrogen-bond acceptors (Lipinski definition) is 3. The third-order valence-corrected chi connectivity index (χ3v) is 3.61. The molecule has 0 saturated heterocycles. The van der Waals surface area contributed by atoms with Gasteiger partial charge in [-0.15, -0.1) is 0 Å². The van der Waals surface area contributed by atoms with Gasteiger partial charge >= 0.3 is 0 Å². The van der Waals surface area contributed by atoms with Crippen LogP contribution in [0.1, 0.15) is 70.6 Å².